The van der Waals surface area contributed by atoms with E-state index in [4.69, 9.17) is 9.84 Å². The van der Waals surface area contributed by atoms with Crippen molar-refractivity contribution in [3.8, 4) is 0 Å². The molecule has 1 aliphatic rings. The van der Waals surface area contributed by atoms with Crippen molar-refractivity contribution in [3.05, 3.63) is 22.5 Å². The summed E-state index contributed by atoms with van der Waals surface area (Å²) in [5.41, 5.74) is -0.247. The molecule has 0 amide bonds. The van der Waals surface area contributed by atoms with Gasteiger partial charge in [0.05, 0.1) is 11.5 Å². The Balaban J connectivity index is 2.19. The van der Waals surface area contributed by atoms with Crippen molar-refractivity contribution >= 4 is 5.69 Å². The third kappa shape index (κ3) is 2.00. The molecule has 1 aliphatic heterocycles. The van der Waals surface area contributed by atoms with Gasteiger partial charge >= 0.3 is 5.69 Å². The molecule has 3 N–H and O–H groups in total. The molecule has 1 fully saturated rings. The van der Waals surface area contributed by atoms with Crippen molar-refractivity contribution in [1.29, 1.82) is 0 Å². The molecule has 1 aromatic rings. The van der Waals surface area contributed by atoms with Crippen molar-refractivity contribution in [2.75, 3.05) is 6.61 Å². The van der Waals surface area contributed by atoms with Crippen LogP contribution in [-0.4, -0.2) is 54.9 Å². The van der Waals surface area contributed by atoms with Crippen molar-refractivity contribution in [2.24, 2.45) is 0 Å². The number of hydrogen-bond donors (Lipinski definition) is 3. The van der Waals surface area contributed by atoms with Gasteiger partial charge in [-0.05, 0) is 0 Å². The van der Waals surface area contributed by atoms with Crippen LogP contribution in [0.4, 0.5) is 5.69 Å². The van der Waals surface area contributed by atoms with Crippen LogP contribution in [-0.2, 0) is 4.74 Å². The van der Waals surface area contributed by atoms with E-state index in [0.29, 0.717) is 0 Å². The van der Waals surface area contributed by atoms with Gasteiger partial charge in [-0.2, -0.15) is 5.10 Å². The average molecular weight is 245 g/mol. The molecule has 0 bridgehead atoms. The summed E-state index contributed by atoms with van der Waals surface area (Å²) in [6, 6.07) is 0. The highest BCUT2D eigenvalue weighted by molar-refractivity contribution is 5.21. The van der Waals surface area contributed by atoms with E-state index < -0.39 is 36.1 Å². The summed E-state index contributed by atoms with van der Waals surface area (Å²) in [6.45, 7) is -0.460. The molecular weight excluding hydrogens is 234 g/mol. The number of nitrogens with zero attached hydrogens (tertiary/aromatic N) is 3. The Kier molecular flexibility index (Phi) is 3.07. The maximum atomic E-state index is 10.5. The zero-order chi connectivity index (χ0) is 12.6. The van der Waals surface area contributed by atoms with Crippen LogP contribution in [0, 0.1) is 10.1 Å². The molecule has 2 rings (SSSR count). The number of ether oxygens (including phenoxy) is 1. The van der Waals surface area contributed by atoms with Gasteiger partial charge in [0.2, 0.25) is 0 Å². The first-order valence-electron chi connectivity index (χ1n) is 4.85. The van der Waals surface area contributed by atoms with Crippen LogP contribution >= 0.6 is 0 Å². The molecule has 0 aliphatic carbocycles. The van der Waals surface area contributed by atoms with Gasteiger partial charge in [0.1, 0.15) is 30.7 Å². The maximum Gasteiger partial charge on any atom is 0.307 e. The smallest absolute Gasteiger partial charge is 0.307 e. The van der Waals surface area contributed by atoms with Crippen molar-refractivity contribution < 1.29 is 25.0 Å². The largest absolute Gasteiger partial charge is 0.394 e. The van der Waals surface area contributed by atoms with Gasteiger partial charge in [-0.1, -0.05) is 0 Å². The van der Waals surface area contributed by atoms with E-state index in [2.05, 4.69) is 5.10 Å². The van der Waals surface area contributed by atoms with Crippen molar-refractivity contribution in [3.63, 3.8) is 0 Å². The SMILES string of the molecule is O=[N+]([O-])c1cnn([C@H]2O[C@H](CO)[C@@H](O)[C@@H]2O)c1. The zero-order valence-corrected chi connectivity index (χ0v) is 8.58. The first kappa shape index (κ1) is 11.9. The van der Waals surface area contributed by atoms with Crippen molar-refractivity contribution in [2.45, 2.75) is 24.5 Å². The summed E-state index contributed by atoms with van der Waals surface area (Å²) in [6.07, 6.45) is -2.44. The third-order valence-corrected chi connectivity index (χ3v) is 2.58. The molecule has 0 spiro atoms. The van der Waals surface area contributed by atoms with Crippen LogP contribution in [0.1, 0.15) is 6.23 Å². The summed E-state index contributed by atoms with van der Waals surface area (Å²) in [4.78, 5) is 9.82. The van der Waals surface area contributed by atoms with E-state index in [1.807, 2.05) is 0 Å². The number of nitro groups is 1. The summed E-state index contributed by atoms with van der Waals surface area (Å²) in [7, 11) is 0. The van der Waals surface area contributed by atoms with Gasteiger partial charge in [-0.3, -0.25) is 10.1 Å². The van der Waals surface area contributed by atoms with Crippen LogP contribution in [0.3, 0.4) is 0 Å². The topological polar surface area (TPSA) is 131 Å². The lowest BCUT2D eigenvalue weighted by Gasteiger charge is -2.14. The number of hydrogen-bond acceptors (Lipinski definition) is 7. The second-order valence-corrected chi connectivity index (χ2v) is 3.66. The van der Waals surface area contributed by atoms with Crippen molar-refractivity contribution in [1.82, 2.24) is 9.78 Å². The molecule has 1 aromatic heterocycles. The van der Waals surface area contributed by atoms with Gasteiger partial charge in [-0.15, -0.1) is 0 Å². The molecule has 9 nitrogen and oxygen atoms in total. The van der Waals surface area contributed by atoms with Gasteiger partial charge in [0.25, 0.3) is 0 Å². The summed E-state index contributed by atoms with van der Waals surface area (Å²) >= 11 is 0. The van der Waals surface area contributed by atoms with Gasteiger partial charge in [0, 0.05) is 0 Å². The predicted molar refractivity (Wildman–Crippen MR) is 51.9 cm³/mol. The standard InChI is InChI=1S/C8H11N3O6/c12-3-5-6(13)7(14)8(17-5)10-2-4(1-9-10)11(15)16/h1-2,5-8,12-14H,3H2/t5-,6-,7+,8+/m1/s1. The Hall–Kier alpha value is -1.55. The fourth-order valence-electron chi connectivity index (χ4n) is 1.66. The fraction of sp³-hybridized carbons (Fsp3) is 0.625. The first-order chi connectivity index (χ1) is 8.04. The van der Waals surface area contributed by atoms with Crippen LogP contribution in [0.5, 0.6) is 0 Å². The minimum Gasteiger partial charge on any atom is -0.394 e. The van der Waals surface area contributed by atoms with Crippen LogP contribution in [0.2, 0.25) is 0 Å². The third-order valence-electron chi connectivity index (χ3n) is 2.58. The van der Waals surface area contributed by atoms with Crippen LogP contribution in [0.25, 0.3) is 0 Å². The number of rotatable bonds is 3. The van der Waals surface area contributed by atoms with E-state index in [1.165, 1.54) is 0 Å². The quantitative estimate of drug-likeness (QED) is 0.431. The summed E-state index contributed by atoms with van der Waals surface area (Å²) in [5, 5.41) is 42.1. The summed E-state index contributed by atoms with van der Waals surface area (Å²) in [5.74, 6) is 0. The Morgan fingerprint density at radius 2 is 2.24 bits per heavy atom. The minimum atomic E-state index is -1.30. The van der Waals surface area contributed by atoms with Crippen LogP contribution < -0.4 is 0 Å². The highest BCUT2D eigenvalue weighted by atomic mass is 16.6. The fourth-order valence-corrected chi connectivity index (χ4v) is 1.66. The number of aromatic nitrogens is 2. The Labute approximate surface area is 95.0 Å². The lowest BCUT2D eigenvalue weighted by molar-refractivity contribution is -0.385. The minimum absolute atomic E-state index is 0.247. The van der Waals surface area contributed by atoms with Crippen LogP contribution in [0.15, 0.2) is 12.4 Å². The normalized spacial score (nSPS) is 32.9. The van der Waals surface area contributed by atoms with E-state index in [1.54, 1.807) is 0 Å². The second-order valence-electron chi connectivity index (χ2n) is 3.66. The highest BCUT2D eigenvalue weighted by Gasteiger charge is 2.44. The van der Waals surface area contributed by atoms with Gasteiger partial charge in [-0.25, -0.2) is 4.68 Å². The van der Waals surface area contributed by atoms with E-state index in [9.17, 15) is 20.3 Å². The number of aliphatic hydroxyl groups is 3. The van der Waals surface area contributed by atoms with Gasteiger partial charge < -0.3 is 20.1 Å². The summed E-state index contributed by atoms with van der Waals surface area (Å²) < 4.78 is 6.19. The molecule has 9 heteroatoms. The molecule has 4 atom stereocenters. The molecule has 2 heterocycles. The second kappa shape index (κ2) is 4.37. The molecular formula is C8H11N3O6. The van der Waals surface area contributed by atoms with E-state index in [-0.39, 0.29) is 5.69 Å². The molecule has 0 aromatic carbocycles. The monoisotopic (exact) mass is 245 g/mol. The highest BCUT2D eigenvalue weighted by Crippen LogP contribution is 2.29. The number of aliphatic hydroxyl groups excluding tert-OH is 3. The molecule has 0 unspecified atom stereocenters. The molecule has 1 saturated heterocycles. The predicted octanol–water partition coefficient (Wildman–Crippen LogP) is -1.60. The molecule has 0 saturated carbocycles. The zero-order valence-electron chi connectivity index (χ0n) is 8.58. The van der Waals surface area contributed by atoms with E-state index >= 15 is 0 Å². The Bertz CT molecular complexity index is 421. The molecule has 94 valence electrons. The lowest BCUT2D eigenvalue weighted by Crippen LogP contribution is -2.33. The molecule has 0 radical (unpaired) electrons. The van der Waals surface area contributed by atoms with E-state index in [0.717, 1.165) is 17.1 Å². The molecule has 17 heavy (non-hydrogen) atoms. The lowest BCUT2D eigenvalue weighted by atomic mass is 10.1. The Morgan fingerprint density at radius 1 is 1.53 bits per heavy atom. The van der Waals surface area contributed by atoms with Gasteiger partial charge in [0.15, 0.2) is 6.23 Å². The maximum absolute atomic E-state index is 10.5. The average Bonchev–Trinajstić information content (AvgIpc) is 2.87. The Morgan fingerprint density at radius 3 is 2.71 bits per heavy atom. The first-order valence-corrected chi connectivity index (χ1v) is 4.85.